The van der Waals surface area contributed by atoms with Gasteiger partial charge in [0.15, 0.2) is 12.4 Å². The number of benzene rings is 1. The van der Waals surface area contributed by atoms with Crippen LogP contribution in [-0.4, -0.2) is 33.2 Å². The van der Waals surface area contributed by atoms with Gasteiger partial charge in [0.1, 0.15) is 5.56 Å². The Kier molecular flexibility index (Phi) is 5.88. The van der Waals surface area contributed by atoms with Crippen LogP contribution in [0.4, 0.5) is 0 Å². The number of carbonyl (C=O) groups is 2. The maximum absolute atomic E-state index is 12.6. The molecule has 0 saturated heterocycles. The molecule has 1 N–H and O–H groups in total. The second-order valence-electron chi connectivity index (χ2n) is 7.33. The van der Waals surface area contributed by atoms with E-state index >= 15 is 0 Å². The molecular formula is C23H24N4O3. The number of hydrogen-bond donors (Lipinski definition) is 1. The maximum atomic E-state index is 12.6. The molecule has 1 aromatic carbocycles. The summed E-state index contributed by atoms with van der Waals surface area (Å²) in [6, 6.07) is 15.3. The van der Waals surface area contributed by atoms with Gasteiger partial charge in [0.25, 0.3) is 5.91 Å². The number of rotatable bonds is 8. The molecule has 2 heterocycles. The van der Waals surface area contributed by atoms with Crippen molar-refractivity contribution >= 4 is 11.9 Å². The molecule has 2 aromatic heterocycles. The lowest BCUT2D eigenvalue weighted by Crippen LogP contribution is -2.33. The fourth-order valence-corrected chi connectivity index (χ4v) is 3.55. The standard InChI is InChI=1S/C23H24N4O3/c1-2-19-18(14-25-27(19)20-10-6-7-13-24-20)23(29)30-15-21(28)26-22(17-11-12-17)16-8-4-3-5-9-16/h3-10,13-14,17,22H,2,11-12,15H2,1H3,(H,26,28). The number of ether oxygens (including phenoxy) is 1. The molecule has 1 aliphatic carbocycles. The zero-order valence-electron chi connectivity index (χ0n) is 16.8. The number of aromatic nitrogens is 3. The molecule has 30 heavy (non-hydrogen) atoms. The van der Waals surface area contributed by atoms with E-state index in [1.54, 1.807) is 10.9 Å². The lowest BCUT2D eigenvalue weighted by atomic mass is 10.0. The monoisotopic (exact) mass is 404 g/mol. The van der Waals surface area contributed by atoms with Crippen LogP contribution in [-0.2, 0) is 16.0 Å². The summed E-state index contributed by atoms with van der Waals surface area (Å²) in [5, 5.41) is 7.29. The van der Waals surface area contributed by atoms with E-state index in [9.17, 15) is 9.59 Å². The van der Waals surface area contributed by atoms with Gasteiger partial charge in [0.2, 0.25) is 0 Å². The molecule has 1 atom stereocenters. The fourth-order valence-electron chi connectivity index (χ4n) is 3.55. The highest BCUT2D eigenvalue weighted by Crippen LogP contribution is 2.40. The Morgan fingerprint density at radius 1 is 1.17 bits per heavy atom. The molecule has 0 bridgehead atoms. The van der Waals surface area contributed by atoms with Crippen LogP contribution in [0.2, 0.25) is 0 Å². The van der Waals surface area contributed by atoms with Gasteiger partial charge in [-0.15, -0.1) is 0 Å². The Labute approximate surface area is 175 Å². The van der Waals surface area contributed by atoms with Crippen LogP contribution in [0.25, 0.3) is 5.82 Å². The average molecular weight is 404 g/mol. The third kappa shape index (κ3) is 4.40. The number of nitrogens with zero attached hydrogens (tertiary/aromatic N) is 3. The van der Waals surface area contributed by atoms with Gasteiger partial charge >= 0.3 is 5.97 Å². The highest BCUT2D eigenvalue weighted by Gasteiger charge is 2.33. The van der Waals surface area contributed by atoms with Crippen LogP contribution in [0, 0.1) is 5.92 Å². The zero-order chi connectivity index (χ0) is 20.9. The first kappa shape index (κ1) is 19.8. The number of amides is 1. The molecule has 0 aliphatic heterocycles. The van der Waals surface area contributed by atoms with E-state index in [1.165, 1.54) is 6.20 Å². The molecule has 4 rings (SSSR count). The minimum Gasteiger partial charge on any atom is -0.452 e. The predicted octanol–water partition coefficient (Wildman–Crippen LogP) is 3.25. The minimum absolute atomic E-state index is 0.0458. The number of hydrogen-bond acceptors (Lipinski definition) is 5. The van der Waals surface area contributed by atoms with Crippen molar-refractivity contribution < 1.29 is 14.3 Å². The number of pyridine rings is 1. The van der Waals surface area contributed by atoms with Crippen molar-refractivity contribution in [3.05, 3.63) is 77.7 Å². The second kappa shape index (κ2) is 8.90. The summed E-state index contributed by atoms with van der Waals surface area (Å²) in [7, 11) is 0. The summed E-state index contributed by atoms with van der Waals surface area (Å²) in [5.41, 5.74) is 2.11. The van der Waals surface area contributed by atoms with Gasteiger partial charge in [-0.2, -0.15) is 5.10 Å². The molecular weight excluding hydrogens is 380 g/mol. The van der Waals surface area contributed by atoms with Gasteiger partial charge in [-0.05, 0) is 42.9 Å². The molecule has 1 saturated carbocycles. The Bertz CT molecular complexity index is 1010. The molecule has 0 radical (unpaired) electrons. The highest BCUT2D eigenvalue weighted by molar-refractivity contribution is 5.92. The van der Waals surface area contributed by atoms with Gasteiger partial charge in [-0.3, -0.25) is 4.79 Å². The lowest BCUT2D eigenvalue weighted by Gasteiger charge is -2.18. The number of nitrogens with one attached hydrogen (secondary N) is 1. The van der Waals surface area contributed by atoms with Gasteiger partial charge in [-0.25, -0.2) is 14.5 Å². The lowest BCUT2D eigenvalue weighted by molar-refractivity contribution is -0.125. The van der Waals surface area contributed by atoms with Crippen molar-refractivity contribution in [1.82, 2.24) is 20.1 Å². The predicted molar refractivity (Wildman–Crippen MR) is 111 cm³/mol. The summed E-state index contributed by atoms with van der Waals surface area (Å²) in [6.45, 7) is 1.60. The largest absolute Gasteiger partial charge is 0.452 e. The zero-order valence-corrected chi connectivity index (χ0v) is 16.8. The summed E-state index contributed by atoms with van der Waals surface area (Å²) in [4.78, 5) is 29.3. The van der Waals surface area contributed by atoms with Gasteiger partial charge in [0, 0.05) is 6.20 Å². The van der Waals surface area contributed by atoms with Crippen molar-refractivity contribution in [1.29, 1.82) is 0 Å². The van der Waals surface area contributed by atoms with Crippen LogP contribution in [0.5, 0.6) is 0 Å². The Hall–Kier alpha value is -3.48. The third-order valence-electron chi connectivity index (χ3n) is 5.19. The van der Waals surface area contributed by atoms with E-state index in [4.69, 9.17) is 4.74 Å². The minimum atomic E-state index is -0.563. The normalized spacial score (nSPS) is 14.2. The Morgan fingerprint density at radius 2 is 1.93 bits per heavy atom. The van der Waals surface area contributed by atoms with Crippen LogP contribution in [0.1, 0.15) is 47.4 Å². The smallest absolute Gasteiger partial charge is 0.342 e. The molecule has 0 spiro atoms. The van der Waals surface area contributed by atoms with Crippen LogP contribution >= 0.6 is 0 Å². The van der Waals surface area contributed by atoms with Crippen LogP contribution in [0.15, 0.2) is 60.9 Å². The molecule has 1 unspecified atom stereocenters. The highest BCUT2D eigenvalue weighted by atomic mass is 16.5. The van der Waals surface area contributed by atoms with Crippen molar-refractivity contribution in [2.75, 3.05) is 6.61 Å². The van der Waals surface area contributed by atoms with Crippen molar-refractivity contribution in [3.8, 4) is 5.82 Å². The SMILES string of the molecule is CCc1c(C(=O)OCC(=O)NC(c2ccccc2)C2CC2)cnn1-c1ccccn1. The Morgan fingerprint density at radius 3 is 2.60 bits per heavy atom. The first-order valence-corrected chi connectivity index (χ1v) is 10.2. The third-order valence-corrected chi connectivity index (χ3v) is 5.19. The number of carbonyl (C=O) groups excluding carboxylic acids is 2. The van der Waals surface area contributed by atoms with Crippen LogP contribution in [0.3, 0.4) is 0 Å². The quantitative estimate of drug-likeness (QED) is 0.583. The molecule has 1 amide bonds. The molecule has 1 aliphatic rings. The molecule has 3 aromatic rings. The van der Waals surface area contributed by atoms with E-state index in [1.807, 2.05) is 55.5 Å². The van der Waals surface area contributed by atoms with Gasteiger partial charge in [-0.1, -0.05) is 43.3 Å². The van der Waals surface area contributed by atoms with E-state index < -0.39 is 5.97 Å². The maximum Gasteiger partial charge on any atom is 0.342 e. The van der Waals surface area contributed by atoms with Crippen molar-refractivity contribution in [2.45, 2.75) is 32.2 Å². The first-order valence-electron chi connectivity index (χ1n) is 10.2. The average Bonchev–Trinajstić information content (AvgIpc) is 3.54. The Balaban J connectivity index is 1.40. The van der Waals surface area contributed by atoms with Crippen molar-refractivity contribution in [3.63, 3.8) is 0 Å². The van der Waals surface area contributed by atoms with E-state index in [0.717, 1.165) is 18.4 Å². The molecule has 7 heteroatoms. The van der Waals surface area contributed by atoms with E-state index in [0.29, 0.717) is 29.4 Å². The summed E-state index contributed by atoms with van der Waals surface area (Å²) in [5.74, 6) is 0.197. The topological polar surface area (TPSA) is 86.1 Å². The summed E-state index contributed by atoms with van der Waals surface area (Å²) < 4.78 is 6.91. The molecule has 7 nitrogen and oxygen atoms in total. The van der Waals surface area contributed by atoms with E-state index in [-0.39, 0.29) is 18.6 Å². The second-order valence-corrected chi connectivity index (χ2v) is 7.33. The summed E-state index contributed by atoms with van der Waals surface area (Å²) in [6.07, 6.45) is 5.88. The fraction of sp³-hybridized carbons (Fsp3) is 0.304. The van der Waals surface area contributed by atoms with Gasteiger partial charge < -0.3 is 10.1 Å². The molecule has 1 fully saturated rings. The summed E-state index contributed by atoms with van der Waals surface area (Å²) >= 11 is 0. The van der Waals surface area contributed by atoms with Crippen LogP contribution < -0.4 is 5.32 Å². The number of esters is 1. The van der Waals surface area contributed by atoms with E-state index in [2.05, 4.69) is 15.4 Å². The molecule has 154 valence electrons. The van der Waals surface area contributed by atoms with Gasteiger partial charge in [0.05, 0.1) is 17.9 Å². The van der Waals surface area contributed by atoms with Crippen molar-refractivity contribution in [2.24, 2.45) is 5.92 Å². The first-order chi connectivity index (χ1) is 14.7.